The van der Waals surface area contributed by atoms with Crippen LogP contribution < -0.4 is 9.47 Å². The molecule has 0 bridgehead atoms. The summed E-state index contributed by atoms with van der Waals surface area (Å²) >= 11 is 0. The summed E-state index contributed by atoms with van der Waals surface area (Å²) in [4.78, 5) is 23.2. The van der Waals surface area contributed by atoms with E-state index >= 15 is 0 Å². The Bertz CT molecular complexity index is 1190. The van der Waals surface area contributed by atoms with Gasteiger partial charge in [0.25, 0.3) is 0 Å². The van der Waals surface area contributed by atoms with Crippen LogP contribution >= 0.6 is 0 Å². The van der Waals surface area contributed by atoms with E-state index in [4.69, 9.17) is 9.47 Å². The van der Waals surface area contributed by atoms with Crippen LogP contribution in [0.15, 0.2) is 30.0 Å². The molecular weight excluding hydrogens is 456 g/mol. The highest BCUT2D eigenvalue weighted by Gasteiger charge is 2.55. The fourth-order valence-electron chi connectivity index (χ4n) is 6.61. The zero-order valence-electron chi connectivity index (χ0n) is 22.2. The van der Waals surface area contributed by atoms with E-state index in [0.29, 0.717) is 26.2 Å². The summed E-state index contributed by atoms with van der Waals surface area (Å²) in [6, 6.07) is 6.03. The van der Waals surface area contributed by atoms with Crippen LogP contribution in [0.25, 0.3) is 0 Å². The first-order valence-electron chi connectivity index (χ1n) is 12.9. The zero-order chi connectivity index (χ0) is 25.8. The average Bonchev–Trinajstić information content (AvgIpc) is 3.24. The lowest BCUT2D eigenvalue weighted by Gasteiger charge is -2.45. The number of methoxy groups -OCH3 is 2. The highest BCUT2D eigenvalue weighted by Crippen LogP contribution is 2.49. The zero-order valence-corrected chi connectivity index (χ0v) is 22.2. The minimum absolute atomic E-state index is 0.0525. The maximum Gasteiger partial charge on any atom is 0.325 e. The second-order valence-electron chi connectivity index (χ2n) is 10.3. The van der Waals surface area contributed by atoms with Crippen molar-refractivity contribution in [2.24, 2.45) is 0 Å². The maximum absolute atomic E-state index is 13.8. The van der Waals surface area contributed by atoms with E-state index < -0.39 is 6.23 Å². The topological polar surface area (TPSA) is 81.3 Å². The molecule has 2 N–H and O–H groups in total. The molecule has 0 radical (unpaired) electrons. The summed E-state index contributed by atoms with van der Waals surface area (Å²) in [7, 11) is 3.33. The number of H-pyrrole nitrogens is 1. The predicted molar refractivity (Wildman–Crippen MR) is 138 cm³/mol. The number of allylic oxidation sites excluding steroid dienone is 1. The molecule has 3 aliphatic rings. The molecule has 194 valence electrons. The number of piperidine rings is 1. The van der Waals surface area contributed by atoms with Crippen LogP contribution in [0.1, 0.15) is 66.9 Å². The van der Waals surface area contributed by atoms with Gasteiger partial charge in [0.15, 0.2) is 0 Å². The van der Waals surface area contributed by atoms with Crippen molar-refractivity contribution in [1.82, 2.24) is 19.7 Å². The monoisotopic (exact) mass is 494 g/mol. The molecule has 0 aliphatic carbocycles. The Kier molecular flexibility index (Phi) is 6.29. The molecule has 1 unspecified atom stereocenters. The second-order valence-corrected chi connectivity index (χ2v) is 10.3. The number of aromatic nitrogens is 1. The van der Waals surface area contributed by atoms with E-state index in [2.05, 4.69) is 29.8 Å². The number of carbonyl (C=O) groups excluding carboxylic acids is 1. The number of nitrogens with zero attached hydrogens (tertiary/aromatic N) is 3. The third-order valence-corrected chi connectivity index (χ3v) is 8.35. The number of likely N-dealkylation sites (N-methyl/N-ethyl adjacent to an activating group) is 1. The molecule has 8 heteroatoms. The van der Waals surface area contributed by atoms with Gasteiger partial charge in [-0.3, -0.25) is 9.80 Å². The van der Waals surface area contributed by atoms with Gasteiger partial charge < -0.3 is 24.5 Å². The number of fused-ring (bicyclic) bond motifs is 3. The van der Waals surface area contributed by atoms with Crippen LogP contribution in [-0.4, -0.2) is 70.2 Å². The van der Waals surface area contributed by atoms with Gasteiger partial charge in [-0.1, -0.05) is 13.0 Å². The number of likely N-dealkylation sites (tertiary alicyclic amines) is 1. The van der Waals surface area contributed by atoms with Crippen LogP contribution in [-0.2, 0) is 6.54 Å². The van der Waals surface area contributed by atoms with Gasteiger partial charge in [-0.25, -0.2) is 4.79 Å². The molecule has 1 aromatic heterocycles. The smallest absolute Gasteiger partial charge is 0.325 e. The highest BCUT2D eigenvalue weighted by atomic mass is 16.5. The third kappa shape index (κ3) is 3.69. The minimum atomic E-state index is -0.654. The van der Waals surface area contributed by atoms with Gasteiger partial charge in [0, 0.05) is 59.8 Å². The average molecular weight is 495 g/mol. The fourth-order valence-corrected chi connectivity index (χ4v) is 6.61. The maximum atomic E-state index is 13.8. The van der Waals surface area contributed by atoms with Crippen molar-refractivity contribution in [2.75, 3.05) is 33.9 Å². The number of rotatable bonds is 5. The fraction of sp³-hybridized carbons (Fsp3) is 0.536. The molecule has 36 heavy (non-hydrogen) atoms. The Morgan fingerprint density at radius 3 is 2.47 bits per heavy atom. The van der Waals surface area contributed by atoms with Gasteiger partial charge in [0.2, 0.25) is 0 Å². The summed E-state index contributed by atoms with van der Waals surface area (Å²) in [5, 5.41) is 11.2. The van der Waals surface area contributed by atoms with Crippen molar-refractivity contribution in [1.29, 1.82) is 0 Å². The van der Waals surface area contributed by atoms with Crippen LogP contribution in [0, 0.1) is 13.8 Å². The molecule has 2 atom stereocenters. The van der Waals surface area contributed by atoms with Crippen molar-refractivity contribution >= 4 is 6.03 Å². The summed E-state index contributed by atoms with van der Waals surface area (Å²) in [5.74, 6) is 1.60. The lowest BCUT2D eigenvalue weighted by atomic mass is 9.81. The van der Waals surface area contributed by atoms with Gasteiger partial charge in [-0.15, -0.1) is 0 Å². The number of nitrogens with one attached hydrogen (secondary N) is 1. The second kappa shape index (κ2) is 9.16. The van der Waals surface area contributed by atoms with Crippen LogP contribution in [0.3, 0.4) is 0 Å². The standard InChI is InChI=1S/C28H38N4O4/c1-7-32-27(34)31-16-20-14-21(35-5)15-23(36-6)25(20)17(2)12-24(31)28(32)8-10-30(11-9-28)26(33)22-13-18(3)29-19(22)4/h12-15,17,26,29,33H,7-11,16H2,1-6H3/t17-,26?/m0/s1. The Morgan fingerprint density at radius 1 is 1.17 bits per heavy atom. The SMILES string of the molecule is CCN1C(=O)N2Cc3cc(OC)cc(OC)c3[C@@H](C)C=C2C12CCN(C(O)c1cc(C)[nH]c1C)CC2. The van der Waals surface area contributed by atoms with Gasteiger partial charge in [-0.2, -0.15) is 0 Å². The number of aryl methyl sites for hydroxylation is 2. The number of aliphatic hydroxyl groups excluding tert-OH is 1. The van der Waals surface area contributed by atoms with E-state index in [9.17, 15) is 9.90 Å². The first kappa shape index (κ1) is 24.7. The van der Waals surface area contributed by atoms with Crippen molar-refractivity contribution in [3.63, 3.8) is 0 Å². The minimum Gasteiger partial charge on any atom is -0.497 e. The Balaban J connectivity index is 1.48. The van der Waals surface area contributed by atoms with E-state index in [1.165, 1.54) is 0 Å². The number of hydrogen-bond acceptors (Lipinski definition) is 5. The molecule has 3 aliphatic heterocycles. The number of aliphatic hydroxyl groups is 1. The number of aromatic amines is 1. The predicted octanol–water partition coefficient (Wildman–Crippen LogP) is 4.43. The van der Waals surface area contributed by atoms with Gasteiger partial charge >= 0.3 is 6.03 Å². The van der Waals surface area contributed by atoms with Crippen molar-refractivity contribution < 1.29 is 19.4 Å². The molecule has 2 amide bonds. The number of carbonyl (C=O) groups is 1. The molecule has 0 saturated carbocycles. The molecule has 1 spiro atoms. The lowest BCUT2D eigenvalue weighted by Crippen LogP contribution is -2.54. The number of ether oxygens (including phenoxy) is 2. The van der Waals surface area contributed by atoms with Crippen molar-refractivity contribution in [3.05, 3.63) is 58.1 Å². The largest absolute Gasteiger partial charge is 0.497 e. The van der Waals surface area contributed by atoms with Crippen molar-refractivity contribution in [2.45, 2.75) is 64.8 Å². The third-order valence-electron chi connectivity index (χ3n) is 8.35. The normalized spacial score (nSPS) is 22.2. The summed E-state index contributed by atoms with van der Waals surface area (Å²) in [6.07, 6.45) is 3.16. The van der Waals surface area contributed by atoms with E-state index in [0.717, 1.165) is 58.1 Å². The quantitative estimate of drug-likeness (QED) is 0.643. The number of urea groups is 1. The summed E-state index contributed by atoms with van der Waals surface area (Å²) < 4.78 is 11.3. The van der Waals surface area contributed by atoms with Crippen LogP contribution in [0.5, 0.6) is 11.5 Å². The highest BCUT2D eigenvalue weighted by molar-refractivity contribution is 5.83. The molecule has 5 rings (SSSR count). The lowest BCUT2D eigenvalue weighted by molar-refractivity contribution is -0.0333. The first-order chi connectivity index (χ1) is 17.2. The molecule has 8 nitrogen and oxygen atoms in total. The van der Waals surface area contributed by atoms with E-state index in [1.54, 1.807) is 14.2 Å². The van der Waals surface area contributed by atoms with E-state index in [1.807, 2.05) is 41.8 Å². The van der Waals surface area contributed by atoms with Crippen LogP contribution in [0.4, 0.5) is 4.79 Å². The van der Waals surface area contributed by atoms with Gasteiger partial charge in [0.1, 0.15) is 17.7 Å². The van der Waals surface area contributed by atoms with Gasteiger partial charge in [-0.05, 0) is 51.3 Å². The molecule has 2 saturated heterocycles. The molecule has 4 heterocycles. The molecule has 2 fully saturated rings. The Labute approximate surface area is 213 Å². The molecular formula is C28H38N4O4. The number of amides is 2. The van der Waals surface area contributed by atoms with Gasteiger partial charge in [0.05, 0.1) is 26.3 Å². The molecule has 1 aromatic carbocycles. The van der Waals surface area contributed by atoms with Crippen LogP contribution in [0.2, 0.25) is 0 Å². The number of benzene rings is 1. The number of hydrogen-bond donors (Lipinski definition) is 2. The van der Waals surface area contributed by atoms with E-state index in [-0.39, 0.29) is 17.5 Å². The summed E-state index contributed by atoms with van der Waals surface area (Å²) in [6.45, 7) is 10.8. The summed E-state index contributed by atoms with van der Waals surface area (Å²) in [5.41, 5.74) is 5.85. The Hall–Kier alpha value is -2.97. The Morgan fingerprint density at radius 2 is 1.89 bits per heavy atom. The first-order valence-corrected chi connectivity index (χ1v) is 12.9. The molecule has 2 aromatic rings. The van der Waals surface area contributed by atoms with Crippen molar-refractivity contribution in [3.8, 4) is 11.5 Å².